The highest BCUT2D eigenvalue weighted by Gasteiger charge is 2.27. The van der Waals surface area contributed by atoms with E-state index in [2.05, 4.69) is 23.4 Å². The van der Waals surface area contributed by atoms with Crippen molar-refractivity contribution in [2.24, 2.45) is 5.92 Å². The zero-order valence-corrected chi connectivity index (χ0v) is 17.9. The maximum atomic E-state index is 14.1. The zero-order chi connectivity index (χ0) is 21.3. The number of rotatable bonds is 6. The predicted molar refractivity (Wildman–Crippen MR) is 116 cm³/mol. The molecule has 0 spiro atoms. The standard InChI is InChI=1S/C24H29FN4O/c1-16(2)14-28(24(30)19-10-6-11-20(25)17(19)3)15-22-27-21-12-7-13-26-23(21)29(22)18-8-4-5-9-18/h6-7,10-13,16,18H,4-5,8-9,14-15H2,1-3H3. The monoisotopic (exact) mass is 408 g/mol. The van der Waals surface area contributed by atoms with Crippen molar-refractivity contribution >= 4 is 17.1 Å². The highest BCUT2D eigenvalue weighted by Crippen LogP contribution is 2.33. The number of aromatic nitrogens is 3. The molecule has 3 aromatic rings. The van der Waals surface area contributed by atoms with E-state index in [4.69, 9.17) is 4.98 Å². The minimum Gasteiger partial charge on any atom is -0.331 e. The summed E-state index contributed by atoms with van der Waals surface area (Å²) in [6.45, 7) is 6.80. The van der Waals surface area contributed by atoms with Gasteiger partial charge in [0, 0.05) is 24.3 Å². The fourth-order valence-electron chi connectivity index (χ4n) is 4.47. The molecule has 30 heavy (non-hydrogen) atoms. The lowest BCUT2D eigenvalue weighted by atomic mass is 10.1. The number of nitrogens with zero attached hydrogens (tertiary/aromatic N) is 4. The van der Waals surface area contributed by atoms with Gasteiger partial charge in [0.15, 0.2) is 5.65 Å². The summed E-state index contributed by atoms with van der Waals surface area (Å²) in [5.74, 6) is 0.635. The number of hydrogen-bond acceptors (Lipinski definition) is 3. The summed E-state index contributed by atoms with van der Waals surface area (Å²) in [6.07, 6.45) is 6.42. The molecule has 0 N–H and O–H groups in total. The molecule has 0 atom stereocenters. The molecule has 0 aliphatic heterocycles. The van der Waals surface area contributed by atoms with Crippen LogP contribution in [0.5, 0.6) is 0 Å². The molecule has 1 amide bonds. The summed E-state index contributed by atoms with van der Waals surface area (Å²) in [4.78, 5) is 24.7. The molecular formula is C24H29FN4O. The molecule has 1 aliphatic rings. The Labute approximate surface area is 176 Å². The van der Waals surface area contributed by atoms with Crippen LogP contribution < -0.4 is 0 Å². The number of benzene rings is 1. The van der Waals surface area contributed by atoms with Crippen molar-refractivity contribution in [3.63, 3.8) is 0 Å². The molecule has 158 valence electrons. The highest BCUT2D eigenvalue weighted by molar-refractivity contribution is 5.95. The SMILES string of the molecule is Cc1c(F)cccc1C(=O)N(Cc1nc2cccnc2n1C1CCCC1)CC(C)C. The van der Waals surface area contributed by atoms with Crippen LogP contribution >= 0.6 is 0 Å². The van der Waals surface area contributed by atoms with Gasteiger partial charge in [-0.05, 0) is 55.5 Å². The Hall–Kier alpha value is -2.76. The smallest absolute Gasteiger partial charge is 0.254 e. The Morgan fingerprint density at radius 1 is 1.23 bits per heavy atom. The van der Waals surface area contributed by atoms with E-state index in [1.54, 1.807) is 30.2 Å². The quantitative estimate of drug-likeness (QED) is 0.557. The number of hydrogen-bond donors (Lipinski definition) is 0. The first-order valence-electron chi connectivity index (χ1n) is 10.8. The van der Waals surface area contributed by atoms with Crippen LogP contribution in [0.1, 0.15) is 67.3 Å². The number of pyridine rings is 1. The topological polar surface area (TPSA) is 51.0 Å². The molecule has 1 saturated carbocycles. The first-order valence-corrected chi connectivity index (χ1v) is 10.8. The fraction of sp³-hybridized carbons (Fsp3) is 0.458. The van der Waals surface area contributed by atoms with Crippen molar-refractivity contribution in [1.29, 1.82) is 0 Å². The van der Waals surface area contributed by atoms with Crippen LogP contribution in [-0.4, -0.2) is 31.9 Å². The van der Waals surface area contributed by atoms with Crippen molar-refractivity contribution in [2.75, 3.05) is 6.54 Å². The Kier molecular flexibility index (Phi) is 5.84. The molecule has 1 fully saturated rings. The van der Waals surface area contributed by atoms with Gasteiger partial charge in [-0.15, -0.1) is 0 Å². The van der Waals surface area contributed by atoms with Gasteiger partial charge in [0.05, 0.1) is 6.54 Å². The highest BCUT2D eigenvalue weighted by atomic mass is 19.1. The molecule has 1 aromatic carbocycles. The van der Waals surface area contributed by atoms with Crippen molar-refractivity contribution in [3.8, 4) is 0 Å². The summed E-state index contributed by atoms with van der Waals surface area (Å²) >= 11 is 0. The maximum Gasteiger partial charge on any atom is 0.254 e. The number of carbonyl (C=O) groups excluding carboxylic acids is 1. The average molecular weight is 409 g/mol. The van der Waals surface area contributed by atoms with Crippen molar-refractivity contribution in [2.45, 2.75) is 59.0 Å². The molecule has 5 nitrogen and oxygen atoms in total. The third-order valence-electron chi connectivity index (χ3n) is 5.91. The molecule has 0 saturated heterocycles. The minimum absolute atomic E-state index is 0.154. The van der Waals surface area contributed by atoms with Gasteiger partial charge in [-0.1, -0.05) is 32.8 Å². The minimum atomic E-state index is -0.354. The average Bonchev–Trinajstić information content (AvgIpc) is 3.35. The van der Waals surface area contributed by atoms with E-state index in [0.29, 0.717) is 30.3 Å². The van der Waals surface area contributed by atoms with E-state index in [-0.39, 0.29) is 17.6 Å². The van der Waals surface area contributed by atoms with Gasteiger partial charge in [0.1, 0.15) is 17.2 Å². The predicted octanol–water partition coefficient (Wildman–Crippen LogP) is 5.29. The van der Waals surface area contributed by atoms with Crippen molar-refractivity contribution in [3.05, 3.63) is 59.3 Å². The van der Waals surface area contributed by atoms with E-state index in [1.807, 2.05) is 12.1 Å². The third-order valence-corrected chi connectivity index (χ3v) is 5.91. The van der Waals surface area contributed by atoms with Gasteiger partial charge in [-0.25, -0.2) is 14.4 Å². The molecule has 0 bridgehead atoms. The van der Waals surface area contributed by atoms with E-state index >= 15 is 0 Å². The molecule has 2 aromatic heterocycles. The molecule has 0 radical (unpaired) electrons. The van der Waals surface area contributed by atoms with Crippen LogP contribution in [0.2, 0.25) is 0 Å². The van der Waals surface area contributed by atoms with Crippen molar-refractivity contribution < 1.29 is 9.18 Å². The fourth-order valence-corrected chi connectivity index (χ4v) is 4.47. The number of carbonyl (C=O) groups is 1. The molecule has 2 heterocycles. The first-order chi connectivity index (χ1) is 14.5. The van der Waals surface area contributed by atoms with Crippen LogP contribution in [0.3, 0.4) is 0 Å². The van der Waals surface area contributed by atoms with Gasteiger partial charge in [0.25, 0.3) is 5.91 Å². The van der Waals surface area contributed by atoms with Crippen molar-refractivity contribution in [1.82, 2.24) is 19.4 Å². The van der Waals surface area contributed by atoms with Crippen LogP contribution in [0, 0.1) is 18.7 Å². The lowest BCUT2D eigenvalue weighted by Gasteiger charge is -2.26. The summed E-state index contributed by atoms with van der Waals surface area (Å²) < 4.78 is 16.3. The number of imidazole rings is 1. The lowest BCUT2D eigenvalue weighted by molar-refractivity contribution is 0.0714. The first kappa shape index (κ1) is 20.5. The normalized spacial score (nSPS) is 14.7. The molecular weight excluding hydrogens is 379 g/mol. The van der Waals surface area contributed by atoms with Crippen LogP contribution in [0.25, 0.3) is 11.2 Å². The third kappa shape index (κ3) is 3.95. The number of halogens is 1. The van der Waals surface area contributed by atoms with Gasteiger partial charge < -0.3 is 9.47 Å². The Morgan fingerprint density at radius 3 is 2.73 bits per heavy atom. The maximum absolute atomic E-state index is 14.1. The van der Waals surface area contributed by atoms with E-state index in [0.717, 1.165) is 29.8 Å². The second-order valence-corrected chi connectivity index (χ2v) is 8.67. The van der Waals surface area contributed by atoms with Gasteiger partial charge >= 0.3 is 0 Å². The summed E-state index contributed by atoms with van der Waals surface area (Å²) in [7, 11) is 0. The largest absolute Gasteiger partial charge is 0.331 e. The Morgan fingerprint density at radius 2 is 2.00 bits per heavy atom. The Balaban J connectivity index is 1.73. The molecule has 1 aliphatic carbocycles. The molecule has 4 rings (SSSR count). The van der Waals surface area contributed by atoms with Crippen LogP contribution in [0.15, 0.2) is 36.5 Å². The van der Waals surface area contributed by atoms with Crippen LogP contribution in [-0.2, 0) is 6.54 Å². The van der Waals surface area contributed by atoms with Crippen LogP contribution in [0.4, 0.5) is 4.39 Å². The van der Waals surface area contributed by atoms with Gasteiger partial charge in [0.2, 0.25) is 0 Å². The number of fused-ring (bicyclic) bond motifs is 1. The second kappa shape index (κ2) is 8.54. The Bertz CT molecular complexity index is 1050. The second-order valence-electron chi connectivity index (χ2n) is 8.67. The molecule has 6 heteroatoms. The lowest BCUT2D eigenvalue weighted by Crippen LogP contribution is -2.35. The van der Waals surface area contributed by atoms with E-state index in [9.17, 15) is 9.18 Å². The van der Waals surface area contributed by atoms with Gasteiger partial charge in [-0.2, -0.15) is 0 Å². The number of amides is 1. The molecule has 0 unspecified atom stereocenters. The van der Waals surface area contributed by atoms with E-state index in [1.165, 1.54) is 18.9 Å². The summed E-state index contributed by atoms with van der Waals surface area (Å²) in [6, 6.07) is 8.93. The van der Waals surface area contributed by atoms with E-state index < -0.39 is 0 Å². The van der Waals surface area contributed by atoms with Gasteiger partial charge in [-0.3, -0.25) is 4.79 Å². The zero-order valence-electron chi connectivity index (χ0n) is 17.9. The summed E-state index contributed by atoms with van der Waals surface area (Å²) in [5, 5.41) is 0. The summed E-state index contributed by atoms with van der Waals surface area (Å²) in [5.41, 5.74) is 2.55.